The summed E-state index contributed by atoms with van der Waals surface area (Å²) >= 11 is 0. The Hall–Kier alpha value is -2.66. The van der Waals surface area contributed by atoms with Gasteiger partial charge in [-0.15, -0.1) is 0 Å². The average Bonchev–Trinajstić information content (AvgIpc) is 3.60. The van der Waals surface area contributed by atoms with Crippen molar-refractivity contribution in [3.05, 3.63) is 71.8 Å². The van der Waals surface area contributed by atoms with Crippen LogP contribution in [-0.2, 0) is 16.0 Å². The molecule has 5 nitrogen and oxygen atoms in total. The normalized spacial score (nSPS) is 23.7. The van der Waals surface area contributed by atoms with Gasteiger partial charge in [-0.2, -0.15) is 0 Å². The standard InChI is InChI=1S/C29H37N3O2/c33-28(17-22-9-3-1-4-10-22)32-20-25-18-31(19-26(25)21-32)16-15-27(23-11-5-2-6-12-23)30-29(34)24-13-7-8-14-24/h1-6,9-12,24-27H,7-8,13-21H2,(H,30,34)/t25?,26?,27-/m0/s1. The number of amides is 2. The first kappa shape index (κ1) is 23.1. The topological polar surface area (TPSA) is 52.7 Å². The lowest BCUT2D eigenvalue weighted by Gasteiger charge is -2.25. The molecule has 180 valence electrons. The molecule has 5 rings (SSSR count). The van der Waals surface area contributed by atoms with Crippen molar-refractivity contribution in [3.8, 4) is 0 Å². The molecule has 2 unspecified atom stereocenters. The van der Waals surface area contributed by atoms with Crippen LogP contribution in [0, 0.1) is 17.8 Å². The van der Waals surface area contributed by atoms with Gasteiger partial charge in [-0.25, -0.2) is 0 Å². The van der Waals surface area contributed by atoms with Gasteiger partial charge in [0.1, 0.15) is 0 Å². The Labute approximate surface area is 203 Å². The summed E-state index contributed by atoms with van der Waals surface area (Å²) in [5.74, 6) is 1.82. The molecule has 2 amide bonds. The summed E-state index contributed by atoms with van der Waals surface area (Å²) in [5.41, 5.74) is 2.30. The number of fused-ring (bicyclic) bond motifs is 1. The number of nitrogens with one attached hydrogen (secondary N) is 1. The fourth-order valence-corrected chi connectivity index (χ4v) is 6.16. The van der Waals surface area contributed by atoms with E-state index in [-0.39, 0.29) is 23.8 Å². The number of rotatable bonds is 8. The highest BCUT2D eigenvalue weighted by Crippen LogP contribution is 2.32. The molecule has 2 saturated heterocycles. The molecule has 5 heteroatoms. The van der Waals surface area contributed by atoms with Gasteiger partial charge in [-0.05, 0) is 42.2 Å². The zero-order valence-electron chi connectivity index (χ0n) is 20.1. The van der Waals surface area contributed by atoms with Crippen LogP contribution in [0.5, 0.6) is 0 Å². The molecule has 2 aromatic carbocycles. The maximum absolute atomic E-state index is 12.9. The highest BCUT2D eigenvalue weighted by Gasteiger charge is 2.41. The zero-order valence-corrected chi connectivity index (χ0v) is 20.1. The maximum atomic E-state index is 12.9. The molecule has 2 aliphatic heterocycles. The smallest absolute Gasteiger partial charge is 0.227 e. The van der Waals surface area contributed by atoms with Gasteiger partial charge in [0.2, 0.25) is 11.8 Å². The second-order valence-electron chi connectivity index (χ2n) is 10.5. The van der Waals surface area contributed by atoms with Crippen molar-refractivity contribution in [2.45, 2.75) is 44.6 Å². The zero-order chi connectivity index (χ0) is 23.3. The molecular formula is C29H37N3O2. The van der Waals surface area contributed by atoms with Gasteiger partial charge in [-0.1, -0.05) is 73.5 Å². The van der Waals surface area contributed by atoms with Crippen LogP contribution in [0.2, 0.25) is 0 Å². The number of carbonyl (C=O) groups is 2. The third-order valence-corrected chi connectivity index (χ3v) is 8.09. The number of carbonyl (C=O) groups excluding carboxylic acids is 2. The Kier molecular flexibility index (Phi) is 7.29. The highest BCUT2D eigenvalue weighted by molar-refractivity contribution is 5.79. The van der Waals surface area contributed by atoms with Gasteiger partial charge in [0.05, 0.1) is 12.5 Å². The molecule has 1 N–H and O–H groups in total. The molecule has 0 radical (unpaired) electrons. The number of hydrogen-bond donors (Lipinski definition) is 1. The fraction of sp³-hybridized carbons (Fsp3) is 0.517. The largest absolute Gasteiger partial charge is 0.349 e. The van der Waals surface area contributed by atoms with Crippen molar-refractivity contribution in [3.63, 3.8) is 0 Å². The first-order chi connectivity index (χ1) is 16.7. The second-order valence-corrected chi connectivity index (χ2v) is 10.5. The molecule has 34 heavy (non-hydrogen) atoms. The molecule has 1 aliphatic carbocycles. The van der Waals surface area contributed by atoms with Crippen molar-refractivity contribution >= 4 is 11.8 Å². The summed E-state index contributed by atoms with van der Waals surface area (Å²) < 4.78 is 0. The highest BCUT2D eigenvalue weighted by atomic mass is 16.2. The lowest BCUT2D eigenvalue weighted by atomic mass is 10.0. The SMILES string of the molecule is O=C(N[C@@H](CCN1CC2CN(C(=O)Cc3ccccc3)CC2C1)c1ccccc1)C1CCCC1. The van der Waals surface area contributed by atoms with Crippen molar-refractivity contribution in [1.29, 1.82) is 0 Å². The van der Waals surface area contributed by atoms with Crippen LogP contribution in [0.1, 0.15) is 49.3 Å². The van der Waals surface area contributed by atoms with Crippen LogP contribution in [0.25, 0.3) is 0 Å². The van der Waals surface area contributed by atoms with E-state index in [4.69, 9.17) is 0 Å². The van der Waals surface area contributed by atoms with E-state index in [0.29, 0.717) is 18.3 Å². The van der Waals surface area contributed by atoms with Gasteiger partial charge in [0.15, 0.2) is 0 Å². The summed E-state index contributed by atoms with van der Waals surface area (Å²) in [7, 11) is 0. The summed E-state index contributed by atoms with van der Waals surface area (Å²) in [5, 5.41) is 3.38. The first-order valence-corrected chi connectivity index (χ1v) is 13.0. The van der Waals surface area contributed by atoms with Gasteiger partial charge >= 0.3 is 0 Å². The summed E-state index contributed by atoms with van der Waals surface area (Å²) in [6.07, 6.45) is 5.84. The minimum absolute atomic E-state index is 0.0682. The number of likely N-dealkylation sites (tertiary alicyclic amines) is 2. The van der Waals surface area contributed by atoms with Crippen LogP contribution in [0.15, 0.2) is 60.7 Å². The Morgan fingerprint density at radius 2 is 1.47 bits per heavy atom. The molecule has 2 aromatic rings. The van der Waals surface area contributed by atoms with Gasteiger partial charge in [-0.3, -0.25) is 9.59 Å². The van der Waals surface area contributed by atoms with E-state index in [1.54, 1.807) is 0 Å². The van der Waals surface area contributed by atoms with E-state index in [1.807, 2.05) is 36.4 Å². The Bertz CT molecular complexity index is 944. The van der Waals surface area contributed by atoms with Gasteiger partial charge in [0, 0.05) is 38.6 Å². The van der Waals surface area contributed by atoms with E-state index in [0.717, 1.165) is 57.5 Å². The Morgan fingerprint density at radius 1 is 0.853 bits per heavy atom. The third-order valence-electron chi connectivity index (χ3n) is 8.09. The Morgan fingerprint density at radius 3 is 2.12 bits per heavy atom. The lowest BCUT2D eigenvalue weighted by Crippen LogP contribution is -2.37. The summed E-state index contributed by atoms with van der Waals surface area (Å²) in [6.45, 7) is 4.85. The molecule has 2 heterocycles. The first-order valence-electron chi connectivity index (χ1n) is 13.0. The lowest BCUT2D eigenvalue weighted by molar-refractivity contribution is -0.129. The van der Waals surface area contributed by atoms with Crippen LogP contribution < -0.4 is 5.32 Å². The van der Waals surface area contributed by atoms with Gasteiger partial charge in [0.25, 0.3) is 0 Å². The average molecular weight is 460 g/mol. The van der Waals surface area contributed by atoms with Crippen LogP contribution >= 0.6 is 0 Å². The van der Waals surface area contributed by atoms with E-state index in [1.165, 1.54) is 18.4 Å². The molecule has 3 fully saturated rings. The van der Waals surface area contributed by atoms with Crippen molar-refractivity contribution in [2.75, 3.05) is 32.7 Å². The quantitative estimate of drug-likeness (QED) is 0.648. The van der Waals surface area contributed by atoms with Crippen molar-refractivity contribution < 1.29 is 9.59 Å². The number of nitrogens with zero attached hydrogens (tertiary/aromatic N) is 2. The van der Waals surface area contributed by atoms with Crippen LogP contribution in [0.4, 0.5) is 0 Å². The number of hydrogen-bond acceptors (Lipinski definition) is 3. The summed E-state index contributed by atoms with van der Waals surface area (Å²) in [6, 6.07) is 20.5. The molecule has 0 aromatic heterocycles. The molecule has 3 aliphatic rings. The van der Waals surface area contributed by atoms with Gasteiger partial charge < -0.3 is 15.1 Å². The number of benzene rings is 2. The van der Waals surface area contributed by atoms with E-state index in [2.05, 4.69) is 39.4 Å². The van der Waals surface area contributed by atoms with Crippen LogP contribution in [0.3, 0.4) is 0 Å². The van der Waals surface area contributed by atoms with E-state index < -0.39 is 0 Å². The predicted octanol–water partition coefficient (Wildman–Crippen LogP) is 4.06. The molecule has 3 atom stereocenters. The third kappa shape index (κ3) is 5.52. The van der Waals surface area contributed by atoms with E-state index in [9.17, 15) is 9.59 Å². The molecule has 1 saturated carbocycles. The van der Waals surface area contributed by atoms with Crippen LogP contribution in [-0.4, -0.2) is 54.3 Å². The Balaban J connectivity index is 1.12. The predicted molar refractivity (Wildman–Crippen MR) is 134 cm³/mol. The van der Waals surface area contributed by atoms with E-state index >= 15 is 0 Å². The fourth-order valence-electron chi connectivity index (χ4n) is 6.16. The second kappa shape index (κ2) is 10.7. The van der Waals surface area contributed by atoms with Crippen molar-refractivity contribution in [1.82, 2.24) is 15.1 Å². The molecular weight excluding hydrogens is 422 g/mol. The summed E-state index contributed by atoms with van der Waals surface area (Å²) in [4.78, 5) is 30.3. The molecule has 0 bridgehead atoms. The molecule has 0 spiro atoms. The monoisotopic (exact) mass is 459 g/mol. The minimum Gasteiger partial charge on any atom is -0.349 e. The maximum Gasteiger partial charge on any atom is 0.227 e. The minimum atomic E-state index is 0.0682. The van der Waals surface area contributed by atoms with Crippen molar-refractivity contribution in [2.24, 2.45) is 17.8 Å².